The lowest BCUT2D eigenvalue weighted by molar-refractivity contribution is 1.14. The number of aromatic nitrogens is 4. The van der Waals surface area contributed by atoms with Crippen molar-refractivity contribution in [3.8, 4) is 46.0 Å². The third-order valence-electron chi connectivity index (χ3n) is 14.3. The van der Waals surface area contributed by atoms with Gasteiger partial charge in [0, 0.05) is 65.6 Å². The maximum atomic E-state index is 11.7. The highest BCUT2D eigenvalue weighted by Crippen LogP contribution is 2.47. The molecular formula is C63H38N6. The number of aryl methyl sites for hydroxylation is 1. The monoisotopic (exact) mass is 878 g/mol. The average Bonchev–Trinajstić information content (AvgIpc) is 4.13. The molecule has 69 heavy (non-hydrogen) atoms. The summed E-state index contributed by atoms with van der Waals surface area (Å²) in [5.41, 5.74) is 15.9. The van der Waals surface area contributed by atoms with Crippen LogP contribution in [0.15, 0.2) is 212 Å². The van der Waals surface area contributed by atoms with Crippen molar-refractivity contribution in [3.63, 3.8) is 0 Å². The summed E-state index contributed by atoms with van der Waals surface area (Å²) in [6.07, 6.45) is 0. The first-order valence-electron chi connectivity index (χ1n) is 23.2. The Hall–Kier alpha value is -9.62. The second-order valence-corrected chi connectivity index (χ2v) is 17.9. The average molecular weight is 879 g/mol. The largest absolute Gasteiger partial charge is 0.309 e. The molecule has 320 valence electrons. The van der Waals surface area contributed by atoms with Gasteiger partial charge in [-0.2, -0.15) is 10.5 Å². The highest BCUT2D eigenvalue weighted by molar-refractivity contribution is 6.28. The molecule has 0 spiro atoms. The molecule has 4 heterocycles. The third kappa shape index (κ3) is 5.34. The van der Waals surface area contributed by atoms with Gasteiger partial charge in [0.2, 0.25) is 0 Å². The Balaban J connectivity index is 1.17. The zero-order valence-electron chi connectivity index (χ0n) is 37.4. The van der Waals surface area contributed by atoms with Gasteiger partial charge in [-0.3, -0.25) is 0 Å². The van der Waals surface area contributed by atoms with Crippen molar-refractivity contribution in [2.75, 3.05) is 0 Å². The first-order chi connectivity index (χ1) is 34.1. The minimum absolute atomic E-state index is 0.511. The lowest BCUT2D eigenvalue weighted by Gasteiger charge is -2.21. The first kappa shape index (κ1) is 38.6. The first-order valence-corrected chi connectivity index (χ1v) is 23.2. The van der Waals surface area contributed by atoms with Crippen molar-refractivity contribution >= 4 is 87.2 Å². The number of nitrogens with zero attached hydrogens (tertiary/aromatic N) is 6. The Morgan fingerprint density at radius 1 is 0.333 bits per heavy atom. The molecule has 10 aromatic carbocycles. The van der Waals surface area contributed by atoms with Gasteiger partial charge in [-0.15, -0.1) is 0 Å². The number of nitriles is 2. The van der Waals surface area contributed by atoms with E-state index in [0.717, 1.165) is 127 Å². The van der Waals surface area contributed by atoms with Crippen LogP contribution < -0.4 is 0 Å². The SMILES string of the molecule is Cc1cccc(C#N)c1-c1cc(-n2c3ccccc3c3ccc4c(c5ccccc5n4-c4ccccc4)c32)c(C#N)cc1-n1c2ccccc2c2ccc3c(c4ccccc4n3-c3ccccc3)c21. The smallest absolute Gasteiger partial charge is 0.101 e. The maximum absolute atomic E-state index is 11.7. The van der Waals surface area contributed by atoms with Crippen molar-refractivity contribution in [2.45, 2.75) is 6.92 Å². The Labute approximate surface area is 396 Å². The molecule has 4 aromatic heterocycles. The lowest BCUT2D eigenvalue weighted by Crippen LogP contribution is -2.05. The van der Waals surface area contributed by atoms with Crippen molar-refractivity contribution in [2.24, 2.45) is 0 Å². The summed E-state index contributed by atoms with van der Waals surface area (Å²) in [6, 6.07) is 79.9. The van der Waals surface area contributed by atoms with Gasteiger partial charge in [0.25, 0.3) is 0 Å². The van der Waals surface area contributed by atoms with E-state index in [2.05, 4.69) is 238 Å². The number of rotatable bonds is 5. The van der Waals surface area contributed by atoms with Gasteiger partial charge in [0.15, 0.2) is 0 Å². The van der Waals surface area contributed by atoms with Gasteiger partial charge in [-0.25, -0.2) is 0 Å². The fourth-order valence-corrected chi connectivity index (χ4v) is 11.6. The summed E-state index contributed by atoms with van der Waals surface area (Å²) in [7, 11) is 0. The van der Waals surface area contributed by atoms with Gasteiger partial charge in [0.05, 0.1) is 72.7 Å². The zero-order valence-corrected chi connectivity index (χ0v) is 37.4. The zero-order chi connectivity index (χ0) is 45.9. The molecule has 0 aliphatic carbocycles. The molecule has 0 aliphatic rings. The summed E-state index contributed by atoms with van der Waals surface area (Å²) in [6.45, 7) is 2.08. The van der Waals surface area contributed by atoms with Gasteiger partial charge >= 0.3 is 0 Å². The van der Waals surface area contributed by atoms with Crippen LogP contribution in [0.2, 0.25) is 0 Å². The highest BCUT2D eigenvalue weighted by atomic mass is 15.0. The Kier molecular flexibility index (Phi) is 8.23. The Morgan fingerprint density at radius 3 is 1.26 bits per heavy atom. The number of para-hydroxylation sites is 6. The highest BCUT2D eigenvalue weighted by Gasteiger charge is 2.27. The fraction of sp³-hybridized carbons (Fsp3) is 0.0159. The molecule has 0 fully saturated rings. The van der Waals surface area contributed by atoms with Crippen molar-refractivity contribution in [1.29, 1.82) is 10.5 Å². The second-order valence-electron chi connectivity index (χ2n) is 17.9. The summed E-state index contributed by atoms with van der Waals surface area (Å²) < 4.78 is 9.36. The lowest BCUT2D eigenvalue weighted by atomic mass is 9.92. The molecular weight excluding hydrogens is 841 g/mol. The van der Waals surface area contributed by atoms with Crippen LogP contribution in [0.4, 0.5) is 0 Å². The predicted octanol–water partition coefficient (Wildman–Crippen LogP) is 15.8. The van der Waals surface area contributed by atoms with E-state index in [-0.39, 0.29) is 0 Å². The molecule has 0 N–H and O–H groups in total. The molecule has 0 unspecified atom stereocenters. The van der Waals surface area contributed by atoms with Crippen LogP contribution in [0.3, 0.4) is 0 Å². The molecule has 0 radical (unpaired) electrons. The van der Waals surface area contributed by atoms with Crippen LogP contribution in [0.5, 0.6) is 0 Å². The predicted molar refractivity (Wildman–Crippen MR) is 283 cm³/mol. The van der Waals surface area contributed by atoms with E-state index in [4.69, 9.17) is 0 Å². The van der Waals surface area contributed by atoms with Gasteiger partial charge in [-0.1, -0.05) is 133 Å². The molecule has 0 amide bonds. The van der Waals surface area contributed by atoms with Crippen LogP contribution >= 0.6 is 0 Å². The fourth-order valence-electron chi connectivity index (χ4n) is 11.6. The standard InChI is InChI=1S/C63H38N6/c1-39-17-16-18-40(37-64)59(39)50-36-57(68-51-27-12-8-23-44(51)46-31-33-55-60(62(46)68)48-25-10-14-29-53(48)66(55)42-19-4-2-5-20-42)41(38-65)35-58(50)69-52-28-13-9-24-45(52)47-32-34-56-61(63(47)69)49-26-11-15-30-54(49)67(56)43-21-6-3-7-22-43/h2-36H,1H3. The van der Waals surface area contributed by atoms with E-state index in [1.165, 1.54) is 0 Å². The summed E-state index contributed by atoms with van der Waals surface area (Å²) >= 11 is 0. The van der Waals surface area contributed by atoms with Crippen molar-refractivity contribution in [1.82, 2.24) is 18.3 Å². The number of hydrogen-bond donors (Lipinski definition) is 0. The topological polar surface area (TPSA) is 67.3 Å². The Morgan fingerprint density at radius 2 is 0.768 bits per heavy atom. The summed E-state index contributed by atoms with van der Waals surface area (Å²) in [4.78, 5) is 0. The van der Waals surface area contributed by atoms with E-state index in [1.807, 2.05) is 12.1 Å². The number of hydrogen-bond acceptors (Lipinski definition) is 2. The molecule has 14 aromatic rings. The van der Waals surface area contributed by atoms with Crippen LogP contribution in [-0.4, -0.2) is 18.3 Å². The normalized spacial score (nSPS) is 11.8. The maximum Gasteiger partial charge on any atom is 0.101 e. The van der Waals surface area contributed by atoms with E-state index in [0.29, 0.717) is 11.1 Å². The molecule has 0 bridgehead atoms. The van der Waals surface area contributed by atoms with Gasteiger partial charge in [-0.05, 0) is 91.3 Å². The molecule has 6 heteroatoms. The van der Waals surface area contributed by atoms with Crippen LogP contribution in [-0.2, 0) is 0 Å². The van der Waals surface area contributed by atoms with E-state index >= 15 is 0 Å². The van der Waals surface area contributed by atoms with E-state index < -0.39 is 0 Å². The Bertz CT molecular complexity index is 4570. The quantitative estimate of drug-likeness (QED) is 0.173. The van der Waals surface area contributed by atoms with E-state index in [1.54, 1.807) is 0 Å². The molecule has 14 rings (SSSR count). The minimum atomic E-state index is 0.511. The van der Waals surface area contributed by atoms with Gasteiger partial charge < -0.3 is 18.3 Å². The van der Waals surface area contributed by atoms with Crippen LogP contribution in [0.1, 0.15) is 16.7 Å². The molecule has 0 saturated heterocycles. The summed E-state index contributed by atoms with van der Waals surface area (Å²) in [5.74, 6) is 0. The van der Waals surface area contributed by atoms with Crippen LogP contribution in [0, 0.1) is 29.6 Å². The molecule has 0 aliphatic heterocycles. The van der Waals surface area contributed by atoms with Gasteiger partial charge in [0.1, 0.15) is 6.07 Å². The minimum Gasteiger partial charge on any atom is -0.309 e. The van der Waals surface area contributed by atoms with E-state index in [9.17, 15) is 10.5 Å². The molecule has 0 atom stereocenters. The van der Waals surface area contributed by atoms with Crippen molar-refractivity contribution < 1.29 is 0 Å². The van der Waals surface area contributed by atoms with Crippen LogP contribution in [0.25, 0.3) is 121 Å². The molecule has 0 saturated carbocycles. The number of benzene rings is 10. The molecule has 6 nitrogen and oxygen atoms in total. The van der Waals surface area contributed by atoms with Crippen molar-refractivity contribution in [3.05, 3.63) is 229 Å². The third-order valence-corrected chi connectivity index (χ3v) is 14.3. The second kappa shape index (κ2) is 14.7. The summed E-state index contributed by atoms with van der Waals surface area (Å²) in [5, 5.41) is 31.5. The number of fused-ring (bicyclic) bond motifs is 14.